The summed E-state index contributed by atoms with van der Waals surface area (Å²) >= 11 is 0. The fourth-order valence-corrected chi connectivity index (χ4v) is 1.62. The van der Waals surface area contributed by atoms with Gasteiger partial charge in [0.2, 0.25) is 0 Å². The van der Waals surface area contributed by atoms with Gasteiger partial charge >= 0.3 is 0 Å². The molecule has 0 heterocycles. The molecule has 0 bridgehead atoms. The van der Waals surface area contributed by atoms with Crippen LogP contribution in [0.25, 0.3) is 0 Å². The lowest BCUT2D eigenvalue weighted by Gasteiger charge is -2.33. The second-order valence-electron chi connectivity index (χ2n) is 5.69. The van der Waals surface area contributed by atoms with Crippen molar-refractivity contribution in [1.82, 2.24) is 0 Å². The summed E-state index contributed by atoms with van der Waals surface area (Å²) in [5.41, 5.74) is 0. The van der Waals surface area contributed by atoms with Gasteiger partial charge in [0.1, 0.15) is 19.6 Å². The van der Waals surface area contributed by atoms with Crippen LogP contribution in [0, 0.1) is 0 Å². The average Bonchev–Trinajstić information content (AvgIpc) is 1.78. The van der Waals surface area contributed by atoms with E-state index in [4.69, 9.17) is 5.11 Å². The van der Waals surface area contributed by atoms with Gasteiger partial charge in [-0.05, 0) is 0 Å². The zero-order chi connectivity index (χ0) is 11.4. The van der Waals surface area contributed by atoms with Crippen molar-refractivity contribution in [2.75, 3.05) is 61.5 Å². The molecule has 0 aliphatic rings. The highest BCUT2D eigenvalue weighted by molar-refractivity contribution is 4.51. The molecule has 0 aromatic carbocycles. The Labute approximate surface area is 87.6 Å². The molecule has 0 aromatic rings. The third-order valence-corrected chi connectivity index (χ3v) is 2.17. The Morgan fingerprint density at radius 2 is 1.50 bits per heavy atom. The molecule has 0 aliphatic heterocycles. The Balaban J connectivity index is 3.98. The van der Waals surface area contributed by atoms with Crippen LogP contribution in [-0.2, 0) is 0 Å². The van der Waals surface area contributed by atoms with Crippen LogP contribution in [-0.4, -0.2) is 86.8 Å². The van der Waals surface area contributed by atoms with Gasteiger partial charge in [0.15, 0.2) is 6.10 Å². The molecule has 0 saturated heterocycles. The van der Waals surface area contributed by atoms with Gasteiger partial charge in [-0.1, -0.05) is 0 Å². The van der Waals surface area contributed by atoms with E-state index in [1.54, 1.807) is 0 Å². The molecule has 1 atom stereocenters. The standard InChI is InChI=1S/C10H26N2O2/c1-11(2,3)8-10(14)9-12(4,5)6-7-13/h10,13-14H,6-9H2,1-5H3/q+2. The van der Waals surface area contributed by atoms with E-state index in [2.05, 4.69) is 21.1 Å². The normalized spacial score (nSPS) is 15.6. The second-order valence-corrected chi connectivity index (χ2v) is 5.69. The smallest absolute Gasteiger partial charge is 0.152 e. The highest BCUT2D eigenvalue weighted by Gasteiger charge is 2.24. The van der Waals surface area contributed by atoms with Crippen molar-refractivity contribution < 1.29 is 19.2 Å². The predicted molar refractivity (Wildman–Crippen MR) is 57.8 cm³/mol. The van der Waals surface area contributed by atoms with E-state index >= 15 is 0 Å². The second kappa shape index (κ2) is 5.07. The Bertz CT molecular complexity index is 164. The van der Waals surface area contributed by atoms with Crippen molar-refractivity contribution in [3.63, 3.8) is 0 Å². The Morgan fingerprint density at radius 3 is 1.86 bits per heavy atom. The topological polar surface area (TPSA) is 40.5 Å². The molecule has 0 amide bonds. The molecule has 14 heavy (non-hydrogen) atoms. The molecule has 0 saturated carbocycles. The highest BCUT2D eigenvalue weighted by atomic mass is 16.3. The predicted octanol–water partition coefficient (Wildman–Crippen LogP) is -0.878. The third-order valence-electron chi connectivity index (χ3n) is 2.17. The zero-order valence-corrected chi connectivity index (χ0v) is 10.2. The maximum absolute atomic E-state index is 9.83. The molecular weight excluding hydrogens is 180 g/mol. The molecule has 4 nitrogen and oxygen atoms in total. The fourth-order valence-electron chi connectivity index (χ4n) is 1.62. The molecule has 0 rings (SSSR count). The molecule has 1 unspecified atom stereocenters. The molecular formula is C10H26N2O2+2. The Kier molecular flexibility index (Phi) is 5.01. The van der Waals surface area contributed by atoms with E-state index in [0.29, 0.717) is 17.6 Å². The lowest BCUT2D eigenvalue weighted by Crippen LogP contribution is -2.52. The van der Waals surface area contributed by atoms with Crippen molar-refractivity contribution in [3.8, 4) is 0 Å². The first-order chi connectivity index (χ1) is 6.16. The number of likely N-dealkylation sites (N-methyl/N-ethyl adjacent to an activating group) is 2. The van der Waals surface area contributed by atoms with Crippen molar-refractivity contribution in [2.24, 2.45) is 0 Å². The van der Waals surface area contributed by atoms with Crippen LogP contribution in [0.15, 0.2) is 0 Å². The molecule has 4 heteroatoms. The van der Waals surface area contributed by atoms with Gasteiger partial charge in [-0.25, -0.2) is 0 Å². The van der Waals surface area contributed by atoms with Gasteiger partial charge in [-0.2, -0.15) is 0 Å². The zero-order valence-electron chi connectivity index (χ0n) is 10.2. The summed E-state index contributed by atoms with van der Waals surface area (Å²) < 4.78 is 1.43. The van der Waals surface area contributed by atoms with Crippen LogP contribution < -0.4 is 0 Å². The number of aliphatic hydroxyl groups excluding tert-OH is 2. The van der Waals surface area contributed by atoms with Crippen LogP contribution in [0.4, 0.5) is 0 Å². The van der Waals surface area contributed by atoms with Crippen LogP contribution >= 0.6 is 0 Å². The molecule has 0 spiro atoms. The monoisotopic (exact) mass is 206 g/mol. The summed E-state index contributed by atoms with van der Waals surface area (Å²) in [5, 5.41) is 18.7. The minimum atomic E-state index is -0.309. The third kappa shape index (κ3) is 7.26. The van der Waals surface area contributed by atoms with Crippen molar-refractivity contribution in [1.29, 1.82) is 0 Å². The minimum absolute atomic E-state index is 0.171. The summed E-state index contributed by atoms with van der Waals surface area (Å²) in [6.45, 7) is 2.29. The first-order valence-corrected chi connectivity index (χ1v) is 5.08. The maximum Gasteiger partial charge on any atom is 0.152 e. The van der Waals surface area contributed by atoms with Crippen LogP contribution in [0.2, 0.25) is 0 Å². The van der Waals surface area contributed by atoms with E-state index in [1.165, 1.54) is 0 Å². The van der Waals surface area contributed by atoms with Gasteiger partial charge in [0.05, 0.1) is 41.8 Å². The van der Waals surface area contributed by atoms with E-state index in [1.807, 2.05) is 14.1 Å². The lowest BCUT2D eigenvalue weighted by atomic mass is 10.2. The summed E-state index contributed by atoms with van der Waals surface area (Å²) in [5.74, 6) is 0. The number of quaternary nitrogens is 2. The van der Waals surface area contributed by atoms with Gasteiger partial charge in [-0.3, -0.25) is 0 Å². The van der Waals surface area contributed by atoms with E-state index in [-0.39, 0.29) is 12.7 Å². The van der Waals surface area contributed by atoms with Gasteiger partial charge in [0.25, 0.3) is 0 Å². The number of aliphatic hydroxyl groups is 2. The highest BCUT2D eigenvalue weighted by Crippen LogP contribution is 2.02. The number of nitrogens with zero attached hydrogens (tertiary/aromatic N) is 2. The molecule has 0 aliphatic carbocycles. The maximum atomic E-state index is 9.83. The van der Waals surface area contributed by atoms with Crippen LogP contribution in [0.1, 0.15) is 0 Å². The fraction of sp³-hybridized carbons (Fsp3) is 1.00. The van der Waals surface area contributed by atoms with E-state index < -0.39 is 0 Å². The van der Waals surface area contributed by atoms with Gasteiger partial charge in [0, 0.05) is 0 Å². The largest absolute Gasteiger partial charge is 0.391 e. The average molecular weight is 206 g/mol. The first-order valence-electron chi connectivity index (χ1n) is 5.08. The molecule has 0 radical (unpaired) electrons. The van der Waals surface area contributed by atoms with Crippen molar-refractivity contribution >= 4 is 0 Å². The van der Waals surface area contributed by atoms with Gasteiger partial charge < -0.3 is 19.2 Å². The summed E-state index contributed by atoms with van der Waals surface area (Å²) in [6, 6.07) is 0. The van der Waals surface area contributed by atoms with Crippen LogP contribution in [0.3, 0.4) is 0 Å². The first kappa shape index (κ1) is 13.8. The van der Waals surface area contributed by atoms with Gasteiger partial charge in [-0.15, -0.1) is 0 Å². The number of hydrogen-bond acceptors (Lipinski definition) is 2. The van der Waals surface area contributed by atoms with E-state index in [0.717, 1.165) is 11.0 Å². The number of rotatable bonds is 6. The number of hydrogen-bond donors (Lipinski definition) is 2. The van der Waals surface area contributed by atoms with Crippen LogP contribution in [0.5, 0.6) is 0 Å². The summed E-state index contributed by atoms with van der Waals surface area (Å²) in [4.78, 5) is 0. The molecule has 86 valence electrons. The van der Waals surface area contributed by atoms with Crippen molar-refractivity contribution in [3.05, 3.63) is 0 Å². The quantitative estimate of drug-likeness (QED) is 0.554. The SMILES string of the molecule is C[N+](C)(C)CC(O)C[N+](C)(C)CCO. The summed E-state index contributed by atoms with van der Waals surface area (Å²) in [7, 11) is 10.2. The Morgan fingerprint density at radius 1 is 1.00 bits per heavy atom. The van der Waals surface area contributed by atoms with Crippen molar-refractivity contribution in [2.45, 2.75) is 6.10 Å². The molecule has 0 aromatic heterocycles. The summed E-state index contributed by atoms with van der Waals surface area (Å²) in [6.07, 6.45) is -0.309. The Hall–Kier alpha value is -0.160. The lowest BCUT2D eigenvalue weighted by molar-refractivity contribution is -0.907. The molecule has 2 N–H and O–H groups in total. The minimum Gasteiger partial charge on any atom is -0.391 e. The molecule has 0 fully saturated rings. The van der Waals surface area contributed by atoms with E-state index in [9.17, 15) is 5.11 Å².